The Morgan fingerprint density at radius 2 is 1.92 bits per heavy atom. The van der Waals surface area contributed by atoms with E-state index >= 15 is 0 Å². The first kappa shape index (κ1) is 9.08. The predicted molar refractivity (Wildman–Crippen MR) is 57.2 cm³/mol. The summed E-state index contributed by atoms with van der Waals surface area (Å²) in [6.45, 7) is 4.65. The van der Waals surface area contributed by atoms with Crippen molar-refractivity contribution in [3.05, 3.63) is 34.9 Å². The van der Waals surface area contributed by atoms with Crippen molar-refractivity contribution in [1.29, 1.82) is 0 Å². The molecule has 1 aliphatic carbocycles. The second-order valence-electron chi connectivity index (χ2n) is 4.75. The molecule has 1 heteroatoms. The molecule has 0 fully saturated rings. The van der Waals surface area contributed by atoms with E-state index in [-0.39, 0.29) is 0 Å². The van der Waals surface area contributed by atoms with Gasteiger partial charge in [-0.25, -0.2) is 0 Å². The molecule has 0 aliphatic heterocycles. The van der Waals surface area contributed by atoms with Gasteiger partial charge in [0.15, 0.2) is 0 Å². The summed E-state index contributed by atoms with van der Waals surface area (Å²) in [5, 5.41) is 0. The van der Waals surface area contributed by atoms with Crippen LogP contribution in [0.2, 0.25) is 0 Å². The molecule has 0 radical (unpaired) electrons. The van der Waals surface area contributed by atoms with Gasteiger partial charge in [-0.05, 0) is 34.9 Å². The molecule has 0 N–H and O–H groups in total. The van der Waals surface area contributed by atoms with E-state index in [1.165, 1.54) is 29.5 Å². The van der Waals surface area contributed by atoms with Crippen LogP contribution in [0.1, 0.15) is 30.5 Å². The quantitative estimate of drug-likeness (QED) is 0.600. The molecule has 0 unspecified atom stereocenters. The van der Waals surface area contributed by atoms with Crippen molar-refractivity contribution in [2.45, 2.75) is 32.6 Å². The molecule has 0 bridgehead atoms. The van der Waals surface area contributed by atoms with Crippen LogP contribution in [0.25, 0.3) is 0 Å². The van der Waals surface area contributed by atoms with Crippen LogP contribution in [-0.2, 0) is 18.7 Å². The van der Waals surface area contributed by atoms with Gasteiger partial charge in [-0.1, -0.05) is 32.0 Å². The zero-order valence-corrected chi connectivity index (χ0v) is 8.99. The molecule has 0 atom stereocenters. The molecule has 1 aromatic rings. The third-order valence-corrected chi connectivity index (χ3v) is 3.07. The highest BCUT2D eigenvalue weighted by atomic mass is 35.5. The minimum atomic E-state index is 0.452. The van der Waals surface area contributed by atoms with Gasteiger partial charge in [-0.2, -0.15) is 0 Å². The third kappa shape index (κ3) is 1.73. The lowest BCUT2D eigenvalue weighted by atomic mass is 9.90. The second kappa shape index (κ2) is 3.02. The third-order valence-electron chi connectivity index (χ3n) is 2.76. The van der Waals surface area contributed by atoms with Crippen LogP contribution < -0.4 is 0 Å². The van der Waals surface area contributed by atoms with Gasteiger partial charge in [-0.3, -0.25) is 0 Å². The van der Waals surface area contributed by atoms with Gasteiger partial charge in [0.05, 0.1) is 0 Å². The van der Waals surface area contributed by atoms with Crippen LogP contribution in [-0.4, -0.2) is 0 Å². The Labute approximate surface area is 84.9 Å². The first-order chi connectivity index (χ1) is 6.11. The van der Waals surface area contributed by atoms with Crippen molar-refractivity contribution in [2.75, 3.05) is 0 Å². The maximum Gasteiger partial charge on any atom is 0.0474 e. The summed E-state index contributed by atoms with van der Waals surface area (Å²) in [5.74, 6) is 0.633. The van der Waals surface area contributed by atoms with Crippen LogP contribution in [0.4, 0.5) is 0 Å². The lowest BCUT2D eigenvalue weighted by Gasteiger charge is -2.14. The molecule has 0 saturated heterocycles. The highest BCUT2D eigenvalue weighted by Gasteiger charge is 2.27. The lowest BCUT2D eigenvalue weighted by Crippen LogP contribution is -2.09. The fourth-order valence-electron chi connectivity index (χ4n) is 2.19. The van der Waals surface area contributed by atoms with E-state index < -0.39 is 0 Å². The summed E-state index contributed by atoms with van der Waals surface area (Å²) in [7, 11) is 0. The fourth-order valence-corrected chi connectivity index (χ4v) is 2.36. The van der Waals surface area contributed by atoms with E-state index in [4.69, 9.17) is 11.6 Å². The smallest absolute Gasteiger partial charge is 0.0474 e. The molecule has 0 saturated carbocycles. The van der Waals surface area contributed by atoms with Crippen LogP contribution in [0, 0.1) is 5.41 Å². The van der Waals surface area contributed by atoms with E-state index in [2.05, 4.69) is 32.0 Å². The van der Waals surface area contributed by atoms with E-state index in [9.17, 15) is 0 Å². The number of benzene rings is 1. The van der Waals surface area contributed by atoms with Gasteiger partial charge in [0, 0.05) is 5.88 Å². The molecule has 13 heavy (non-hydrogen) atoms. The second-order valence-corrected chi connectivity index (χ2v) is 5.02. The summed E-state index contributed by atoms with van der Waals surface area (Å²) in [4.78, 5) is 0. The first-order valence-corrected chi connectivity index (χ1v) is 5.31. The minimum Gasteiger partial charge on any atom is -0.122 e. The Morgan fingerprint density at radius 3 is 2.62 bits per heavy atom. The Hall–Kier alpha value is -0.490. The Kier molecular flexibility index (Phi) is 2.11. The molecule has 0 amide bonds. The average molecular weight is 195 g/mol. The lowest BCUT2D eigenvalue weighted by molar-refractivity contribution is 0.392. The van der Waals surface area contributed by atoms with Crippen molar-refractivity contribution >= 4 is 11.6 Å². The normalized spacial score (nSPS) is 18.7. The zero-order chi connectivity index (χ0) is 9.47. The van der Waals surface area contributed by atoms with Crippen LogP contribution in [0.5, 0.6) is 0 Å². The Balaban J connectivity index is 2.36. The van der Waals surface area contributed by atoms with Crippen molar-refractivity contribution in [3.8, 4) is 0 Å². The number of fused-ring (bicyclic) bond motifs is 1. The SMILES string of the molecule is CC1(C)Cc2ccc(CCl)cc2C1. The van der Waals surface area contributed by atoms with Crippen LogP contribution >= 0.6 is 11.6 Å². The fraction of sp³-hybridized carbons (Fsp3) is 0.500. The first-order valence-electron chi connectivity index (χ1n) is 4.77. The highest BCUT2D eigenvalue weighted by Crippen LogP contribution is 2.36. The Morgan fingerprint density at radius 1 is 1.23 bits per heavy atom. The predicted octanol–water partition coefficient (Wildman–Crippen LogP) is 3.55. The number of alkyl halides is 1. The van der Waals surface area contributed by atoms with Crippen molar-refractivity contribution in [3.63, 3.8) is 0 Å². The maximum absolute atomic E-state index is 5.80. The minimum absolute atomic E-state index is 0.452. The van der Waals surface area contributed by atoms with Gasteiger partial charge < -0.3 is 0 Å². The number of hydrogen-bond acceptors (Lipinski definition) is 0. The van der Waals surface area contributed by atoms with Gasteiger partial charge in [0.1, 0.15) is 0 Å². The van der Waals surface area contributed by atoms with Gasteiger partial charge in [0.25, 0.3) is 0 Å². The average Bonchev–Trinajstić information content (AvgIpc) is 2.36. The molecule has 70 valence electrons. The standard InChI is InChI=1S/C12H15Cl/c1-12(2)6-10-4-3-9(8-13)5-11(10)7-12/h3-5H,6-8H2,1-2H3. The molecular formula is C12H15Cl. The van der Waals surface area contributed by atoms with Crippen molar-refractivity contribution in [2.24, 2.45) is 5.41 Å². The molecule has 0 aromatic heterocycles. The molecule has 2 rings (SSSR count). The molecule has 0 spiro atoms. The van der Waals surface area contributed by atoms with E-state index in [1.54, 1.807) is 0 Å². The topological polar surface area (TPSA) is 0 Å². The Bertz CT molecular complexity index is 326. The zero-order valence-electron chi connectivity index (χ0n) is 8.23. The molecule has 0 nitrogen and oxygen atoms in total. The largest absolute Gasteiger partial charge is 0.122 e. The van der Waals surface area contributed by atoms with E-state index in [1.807, 2.05) is 0 Å². The number of hydrogen-bond donors (Lipinski definition) is 0. The van der Waals surface area contributed by atoms with Gasteiger partial charge >= 0.3 is 0 Å². The monoisotopic (exact) mass is 194 g/mol. The number of halogens is 1. The van der Waals surface area contributed by atoms with E-state index in [0.29, 0.717) is 11.3 Å². The molecule has 1 aromatic carbocycles. The van der Waals surface area contributed by atoms with E-state index in [0.717, 1.165) is 0 Å². The van der Waals surface area contributed by atoms with Gasteiger partial charge in [-0.15, -0.1) is 11.6 Å². The maximum atomic E-state index is 5.80. The molecule has 0 heterocycles. The van der Waals surface area contributed by atoms with Crippen LogP contribution in [0.3, 0.4) is 0 Å². The number of rotatable bonds is 1. The summed E-state index contributed by atoms with van der Waals surface area (Å²) in [6, 6.07) is 6.64. The molecular weight excluding hydrogens is 180 g/mol. The van der Waals surface area contributed by atoms with Crippen molar-refractivity contribution in [1.82, 2.24) is 0 Å². The summed E-state index contributed by atoms with van der Waals surface area (Å²) >= 11 is 5.80. The summed E-state index contributed by atoms with van der Waals surface area (Å²) in [5.41, 5.74) is 4.72. The van der Waals surface area contributed by atoms with Crippen molar-refractivity contribution < 1.29 is 0 Å². The van der Waals surface area contributed by atoms with Crippen LogP contribution in [0.15, 0.2) is 18.2 Å². The summed E-state index contributed by atoms with van der Waals surface area (Å²) in [6.07, 6.45) is 2.41. The van der Waals surface area contributed by atoms with Gasteiger partial charge in [0.2, 0.25) is 0 Å². The summed E-state index contributed by atoms with van der Waals surface area (Å²) < 4.78 is 0. The molecule has 1 aliphatic rings. The highest BCUT2D eigenvalue weighted by molar-refractivity contribution is 6.17.